The van der Waals surface area contributed by atoms with E-state index in [0.717, 1.165) is 57.0 Å². The summed E-state index contributed by atoms with van der Waals surface area (Å²) in [6.07, 6.45) is 2.79. The van der Waals surface area contributed by atoms with Crippen LogP contribution in [0.3, 0.4) is 0 Å². The fraction of sp³-hybridized carbons (Fsp3) is 0.647. The average Bonchev–Trinajstić information content (AvgIpc) is 3.05. The van der Waals surface area contributed by atoms with Crippen molar-refractivity contribution in [2.75, 3.05) is 46.1 Å². The maximum absolute atomic E-state index is 5.91. The highest BCUT2D eigenvalue weighted by molar-refractivity contribution is 9.10. The molecule has 1 aromatic rings. The third kappa shape index (κ3) is 4.77. The molecule has 3 rings (SSSR count). The largest absolute Gasteiger partial charge is 0.377 e. The van der Waals surface area contributed by atoms with E-state index in [1.807, 2.05) is 6.07 Å². The summed E-state index contributed by atoms with van der Waals surface area (Å²) in [5.41, 5.74) is 1.24. The topological polar surface area (TPSA) is 30.9 Å². The fourth-order valence-corrected chi connectivity index (χ4v) is 3.42. The molecule has 0 aromatic heterocycles. The van der Waals surface area contributed by atoms with Gasteiger partial charge in [0.15, 0.2) is 0 Å². The number of halogens is 1. The summed E-state index contributed by atoms with van der Waals surface area (Å²) in [5, 5.41) is 0. The number of nitrogens with zero attached hydrogens (tertiary/aromatic N) is 1. The molecule has 0 N–H and O–H groups in total. The van der Waals surface area contributed by atoms with E-state index in [1.165, 1.54) is 12.0 Å². The lowest BCUT2D eigenvalue weighted by Gasteiger charge is -2.33. The highest BCUT2D eigenvalue weighted by Crippen LogP contribution is 2.24. The fourth-order valence-electron chi connectivity index (χ4n) is 3.00. The lowest BCUT2D eigenvalue weighted by Crippen LogP contribution is -2.40. The molecule has 0 radical (unpaired) electrons. The van der Waals surface area contributed by atoms with Gasteiger partial charge in [-0.1, -0.05) is 28.1 Å². The predicted octanol–water partition coefficient (Wildman–Crippen LogP) is 3.02. The van der Waals surface area contributed by atoms with Crippen LogP contribution in [0, 0.1) is 0 Å². The van der Waals surface area contributed by atoms with E-state index >= 15 is 0 Å². The van der Waals surface area contributed by atoms with Crippen molar-refractivity contribution in [3.63, 3.8) is 0 Å². The monoisotopic (exact) mass is 369 g/mol. The van der Waals surface area contributed by atoms with Gasteiger partial charge in [0.05, 0.1) is 32.0 Å². The number of hydrogen-bond donors (Lipinski definition) is 0. The Hall–Kier alpha value is -0.460. The molecule has 2 atom stereocenters. The van der Waals surface area contributed by atoms with Gasteiger partial charge >= 0.3 is 0 Å². The van der Waals surface area contributed by atoms with Crippen LogP contribution in [0.25, 0.3) is 0 Å². The smallest absolute Gasteiger partial charge is 0.0952 e. The molecule has 2 aliphatic heterocycles. The van der Waals surface area contributed by atoms with E-state index in [1.54, 1.807) is 0 Å². The van der Waals surface area contributed by atoms with E-state index in [-0.39, 0.29) is 6.10 Å². The Bertz CT molecular complexity index is 465. The van der Waals surface area contributed by atoms with Gasteiger partial charge in [-0.2, -0.15) is 0 Å². The minimum atomic E-state index is 0.157. The molecule has 0 aliphatic carbocycles. The van der Waals surface area contributed by atoms with Crippen LogP contribution in [0.5, 0.6) is 0 Å². The lowest BCUT2D eigenvalue weighted by molar-refractivity contribution is -0.0435. The Kier molecular flexibility index (Phi) is 6.27. The molecular formula is C17H24BrNO3. The second-order valence-electron chi connectivity index (χ2n) is 5.92. The van der Waals surface area contributed by atoms with Crippen molar-refractivity contribution in [3.05, 3.63) is 34.3 Å². The molecule has 122 valence electrons. The first-order chi connectivity index (χ1) is 10.8. The summed E-state index contributed by atoms with van der Waals surface area (Å²) in [5.74, 6) is 0. The zero-order valence-corrected chi connectivity index (χ0v) is 14.5. The molecule has 1 aromatic carbocycles. The third-order valence-corrected chi connectivity index (χ3v) is 4.74. The summed E-state index contributed by atoms with van der Waals surface area (Å²) >= 11 is 3.53. The van der Waals surface area contributed by atoms with Gasteiger partial charge < -0.3 is 14.2 Å². The van der Waals surface area contributed by atoms with Crippen molar-refractivity contribution < 1.29 is 14.2 Å². The molecule has 0 spiro atoms. The van der Waals surface area contributed by atoms with Crippen molar-refractivity contribution in [2.45, 2.75) is 25.0 Å². The highest BCUT2D eigenvalue weighted by Gasteiger charge is 2.22. The first-order valence-corrected chi connectivity index (χ1v) is 8.89. The van der Waals surface area contributed by atoms with Gasteiger partial charge in [-0.15, -0.1) is 0 Å². The van der Waals surface area contributed by atoms with E-state index in [2.05, 4.69) is 39.0 Å². The van der Waals surface area contributed by atoms with Gasteiger partial charge in [-0.25, -0.2) is 0 Å². The standard InChI is InChI=1S/C17H24BrNO3/c18-15-4-1-3-14(11-15)17-12-19(7-10-22-17)6-9-20-13-16-5-2-8-21-16/h1,3-4,11,16-17H,2,5-10,12-13H2. The van der Waals surface area contributed by atoms with Crippen LogP contribution in [0.2, 0.25) is 0 Å². The van der Waals surface area contributed by atoms with Crippen LogP contribution in [0.1, 0.15) is 24.5 Å². The molecule has 4 nitrogen and oxygen atoms in total. The van der Waals surface area contributed by atoms with E-state index in [9.17, 15) is 0 Å². The van der Waals surface area contributed by atoms with Gasteiger partial charge in [-0.05, 0) is 30.5 Å². The quantitative estimate of drug-likeness (QED) is 0.721. The molecular weight excluding hydrogens is 346 g/mol. The minimum absolute atomic E-state index is 0.157. The Morgan fingerprint density at radius 3 is 3.05 bits per heavy atom. The van der Waals surface area contributed by atoms with E-state index < -0.39 is 0 Å². The number of hydrogen-bond acceptors (Lipinski definition) is 4. The molecule has 2 aliphatic rings. The first kappa shape index (κ1) is 16.4. The van der Waals surface area contributed by atoms with Gasteiger partial charge in [-0.3, -0.25) is 4.90 Å². The first-order valence-electron chi connectivity index (χ1n) is 8.10. The van der Waals surface area contributed by atoms with Crippen LogP contribution >= 0.6 is 15.9 Å². The van der Waals surface area contributed by atoms with Crippen molar-refractivity contribution in [1.29, 1.82) is 0 Å². The Labute approximate surface area is 140 Å². The normalized spacial score (nSPS) is 26.4. The molecule has 2 fully saturated rings. The molecule has 2 saturated heterocycles. The van der Waals surface area contributed by atoms with Crippen LogP contribution in [0.4, 0.5) is 0 Å². The molecule has 0 saturated carbocycles. The minimum Gasteiger partial charge on any atom is -0.377 e. The third-order valence-electron chi connectivity index (χ3n) is 4.25. The maximum atomic E-state index is 5.91. The van der Waals surface area contributed by atoms with Crippen LogP contribution < -0.4 is 0 Å². The van der Waals surface area contributed by atoms with Gasteiger partial charge in [0.1, 0.15) is 0 Å². The molecule has 22 heavy (non-hydrogen) atoms. The average molecular weight is 370 g/mol. The summed E-state index contributed by atoms with van der Waals surface area (Å²) in [7, 11) is 0. The molecule has 2 heterocycles. The number of rotatable bonds is 6. The molecule has 2 unspecified atom stereocenters. The van der Waals surface area contributed by atoms with Crippen LogP contribution in [-0.2, 0) is 14.2 Å². The van der Waals surface area contributed by atoms with Gasteiger partial charge in [0, 0.05) is 30.7 Å². The van der Waals surface area contributed by atoms with Crippen molar-refractivity contribution >= 4 is 15.9 Å². The summed E-state index contributed by atoms with van der Waals surface area (Å²) in [4.78, 5) is 2.42. The summed E-state index contributed by atoms with van der Waals surface area (Å²) in [6.45, 7) is 6.05. The van der Waals surface area contributed by atoms with E-state index in [4.69, 9.17) is 14.2 Å². The van der Waals surface area contributed by atoms with Gasteiger partial charge in [0.2, 0.25) is 0 Å². The Morgan fingerprint density at radius 1 is 1.27 bits per heavy atom. The number of ether oxygens (including phenoxy) is 3. The molecule has 0 amide bonds. The Balaban J connectivity index is 1.40. The van der Waals surface area contributed by atoms with E-state index in [0.29, 0.717) is 6.10 Å². The molecule has 0 bridgehead atoms. The highest BCUT2D eigenvalue weighted by atomic mass is 79.9. The number of benzene rings is 1. The van der Waals surface area contributed by atoms with Crippen LogP contribution in [0.15, 0.2) is 28.7 Å². The summed E-state index contributed by atoms with van der Waals surface area (Å²) in [6, 6.07) is 8.38. The Morgan fingerprint density at radius 2 is 2.23 bits per heavy atom. The summed E-state index contributed by atoms with van der Waals surface area (Å²) < 4.78 is 18.3. The van der Waals surface area contributed by atoms with Crippen molar-refractivity contribution in [2.24, 2.45) is 0 Å². The second-order valence-corrected chi connectivity index (χ2v) is 6.84. The van der Waals surface area contributed by atoms with Crippen molar-refractivity contribution in [3.8, 4) is 0 Å². The lowest BCUT2D eigenvalue weighted by atomic mass is 10.1. The number of morpholine rings is 1. The SMILES string of the molecule is Brc1cccc(C2CN(CCOCC3CCCO3)CCO2)c1. The maximum Gasteiger partial charge on any atom is 0.0952 e. The molecule has 5 heteroatoms. The zero-order chi connectivity index (χ0) is 15.2. The second kappa shape index (κ2) is 8.41. The zero-order valence-electron chi connectivity index (χ0n) is 12.9. The predicted molar refractivity (Wildman–Crippen MR) is 89.1 cm³/mol. The van der Waals surface area contributed by atoms with Crippen molar-refractivity contribution in [1.82, 2.24) is 4.90 Å². The van der Waals surface area contributed by atoms with Crippen LogP contribution in [-0.4, -0.2) is 57.1 Å². The van der Waals surface area contributed by atoms with Gasteiger partial charge in [0.25, 0.3) is 0 Å².